The summed E-state index contributed by atoms with van der Waals surface area (Å²) >= 11 is 6.14. The van der Waals surface area contributed by atoms with Gasteiger partial charge in [-0.25, -0.2) is 9.50 Å². The molecule has 2 aliphatic heterocycles. The van der Waals surface area contributed by atoms with Crippen LogP contribution in [0, 0.1) is 6.92 Å². The quantitative estimate of drug-likeness (QED) is 0.485. The van der Waals surface area contributed by atoms with Crippen LogP contribution in [-0.4, -0.2) is 70.5 Å². The summed E-state index contributed by atoms with van der Waals surface area (Å²) in [4.78, 5) is 34.3. The van der Waals surface area contributed by atoms with E-state index in [-0.39, 0.29) is 22.3 Å². The van der Waals surface area contributed by atoms with Gasteiger partial charge in [-0.2, -0.15) is 13.9 Å². The predicted octanol–water partition coefficient (Wildman–Crippen LogP) is 4.06. The van der Waals surface area contributed by atoms with Crippen LogP contribution in [0.15, 0.2) is 30.5 Å². The van der Waals surface area contributed by atoms with Crippen molar-refractivity contribution in [1.29, 1.82) is 0 Å². The van der Waals surface area contributed by atoms with Gasteiger partial charge in [0.1, 0.15) is 5.82 Å². The predicted molar refractivity (Wildman–Crippen MR) is 141 cm³/mol. The highest BCUT2D eigenvalue weighted by atomic mass is 35.5. The van der Waals surface area contributed by atoms with E-state index in [1.807, 2.05) is 26.2 Å². The highest BCUT2D eigenvalue weighted by Crippen LogP contribution is 2.34. The van der Waals surface area contributed by atoms with Gasteiger partial charge in [0.2, 0.25) is 0 Å². The smallest absolute Gasteiger partial charge is 0.315 e. The number of rotatable bonds is 6. The summed E-state index contributed by atoms with van der Waals surface area (Å²) in [7, 11) is 1.97. The number of amides is 2. The standard InChI is InChI=1S/C26H30ClF2N7O2/c1-15-13-36-22(32-24(15)34-10-8-17(14-34)30-2)12-20(33-36)21-5-3-4-9-35(21)26(38)18-11-16(27)6-7-19(18)31-25(37)23(28)29/h6-7,11-13,17,21,23,30H,3-5,8-10,14H2,1-2H3,(H,31,37)/t17-,21-/m0/s1. The van der Waals surface area contributed by atoms with Gasteiger partial charge >= 0.3 is 6.43 Å². The second kappa shape index (κ2) is 10.8. The molecule has 9 nitrogen and oxygen atoms in total. The number of aryl methyl sites for hydroxylation is 1. The van der Waals surface area contributed by atoms with Gasteiger partial charge in [0, 0.05) is 48.5 Å². The summed E-state index contributed by atoms with van der Waals surface area (Å²) in [5.74, 6) is -0.955. The zero-order valence-electron chi connectivity index (χ0n) is 21.3. The average molecular weight is 546 g/mol. The number of hydrogen-bond acceptors (Lipinski definition) is 6. The number of fused-ring (bicyclic) bond motifs is 1. The van der Waals surface area contributed by atoms with E-state index in [0.717, 1.165) is 43.7 Å². The molecule has 2 aliphatic rings. The zero-order chi connectivity index (χ0) is 27.0. The molecule has 0 radical (unpaired) electrons. The number of likely N-dealkylation sites (tertiary alicyclic amines) is 1. The molecule has 12 heteroatoms. The van der Waals surface area contributed by atoms with Crippen molar-refractivity contribution in [3.05, 3.63) is 52.3 Å². The SMILES string of the molecule is CN[C@H]1CCN(c2nc3cc([C@@H]4CCCCN4C(=O)c4cc(Cl)ccc4NC(=O)C(F)F)nn3cc2C)C1. The number of nitrogens with zero attached hydrogens (tertiary/aromatic N) is 5. The summed E-state index contributed by atoms with van der Waals surface area (Å²) in [6.07, 6.45) is 2.19. The molecule has 2 N–H and O–H groups in total. The molecule has 0 bridgehead atoms. The molecule has 0 spiro atoms. The largest absolute Gasteiger partial charge is 0.355 e. The van der Waals surface area contributed by atoms with Crippen LogP contribution < -0.4 is 15.5 Å². The van der Waals surface area contributed by atoms with E-state index in [1.165, 1.54) is 18.2 Å². The summed E-state index contributed by atoms with van der Waals surface area (Å²) < 4.78 is 27.5. The van der Waals surface area contributed by atoms with Crippen molar-refractivity contribution in [3.8, 4) is 0 Å². The number of anilines is 2. The lowest BCUT2D eigenvalue weighted by Gasteiger charge is -2.35. The normalized spacial score (nSPS) is 19.9. The van der Waals surface area contributed by atoms with Gasteiger partial charge in [-0.15, -0.1) is 0 Å². The van der Waals surface area contributed by atoms with Crippen molar-refractivity contribution in [3.63, 3.8) is 0 Å². The zero-order valence-corrected chi connectivity index (χ0v) is 22.0. The van der Waals surface area contributed by atoms with Crippen molar-refractivity contribution < 1.29 is 18.4 Å². The molecule has 3 aromatic rings. The Labute approximate surface area is 224 Å². The number of carbonyl (C=O) groups is 2. The van der Waals surface area contributed by atoms with E-state index in [2.05, 4.69) is 15.5 Å². The Bertz CT molecular complexity index is 1360. The van der Waals surface area contributed by atoms with Crippen LogP contribution in [0.3, 0.4) is 0 Å². The fourth-order valence-corrected chi connectivity index (χ4v) is 5.49. The van der Waals surface area contributed by atoms with E-state index >= 15 is 0 Å². The molecule has 1 aromatic carbocycles. The fraction of sp³-hybridized carbons (Fsp3) is 0.462. The van der Waals surface area contributed by atoms with Crippen LogP contribution in [0.25, 0.3) is 5.65 Å². The summed E-state index contributed by atoms with van der Waals surface area (Å²) in [5.41, 5.74) is 2.47. The number of carbonyl (C=O) groups excluding carboxylic acids is 2. The third-order valence-corrected chi connectivity index (χ3v) is 7.53. The lowest BCUT2D eigenvalue weighted by atomic mass is 9.98. The molecule has 2 fully saturated rings. The number of piperidine rings is 1. The van der Waals surface area contributed by atoms with E-state index in [1.54, 1.807) is 9.42 Å². The number of nitrogens with one attached hydrogen (secondary N) is 2. The number of halogens is 3. The van der Waals surface area contributed by atoms with Crippen molar-refractivity contribution in [2.45, 2.75) is 51.1 Å². The molecule has 0 saturated carbocycles. The first-order valence-electron chi connectivity index (χ1n) is 12.7. The molecular formula is C26H30ClF2N7O2. The maximum Gasteiger partial charge on any atom is 0.315 e. The minimum absolute atomic E-state index is 0.00329. The Morgan fingerprint density at radius 1 is 1.16 bits per heavy atom. The van der Waals surface area contributed by atoms with Crippen LogP contribution in [0.4, 0.5) is 20.3 Å². The van der Waals surface area contributed by atoms with Gasteiger partial charge in [0.05, 0.1) is 23.0 Å². The Morgan fingerprint density at radius 3 is 2.71 bits per heavy atom. The molecule has 2 amide bonds. The van der Waals surface area contributed by atoms with Crippen LogP contribution in [-0.2, 0) is 4.79 Å². The Balaban J connectivity index is 1.45. The Hall–Kier alpha value is -3.31. The minimum atomic E-state index is -3.21. The van der Waals surface area contributed by atoms with Gasteiger partial charge in [-0.05, 0) is 57.9 Å². The van der Waals surface area contributed by atoms with Gasteiger partial charge < -0.3 is 20.4 Å². The van der Waals surface area contributed by atoms with Gasteiger partial charge in [-0.1, -0.05) is 11.6 Å². The molecule has 2 saturated heterocycles. The summed E-state index contributed by atoms with van der Waals surface area (Å²) in [6.45, 7) is 4.28. The van der Waals surface area contributed by atoms with E-state index < -0.39 is 18.2 Å². The van der Waals surface area contributed by atoms with Crippen LogP contribution >= 0.6 is 11.6 Å². The maximum absolute atomic E-state index is 13.7. The molecule has 0 unspecified atom stereocenters. The van der Waals surface area contributed by atoms with Gasteiger partial charge in [0.15, 0.2) is 5.65 Å². The van der Waals surface area contributed by atoms with Crippen molar-refractivity contribution in [2.75, 3.05) is 36.9 Å². The Morgan fingerprint density at radius 2 is 1.97 bits per heavy atom. The van der Waals surface area contributed by atoms with Gasteiger partial charge in [0.25, 0.3) is 11.8 Å². The van der Waals surface area contributed by atoms with E-state index in [9.17, 15) is 18.4 Å². The lowest BCUT2D eigenvalue weighted by Crippen LogP contribution is -2.39. The number of alkyl halides is 2. The molecule has 0 aliphatic carbocycles. The topological polar surface area (TPSA) is 94.9 Å². The van der Waals surface area contributed by atoms with Crippen molar-refractivity contribution in [2.24, 2.45) is 0 Å². The number of likely N-dealkylation sites (N-methyl/N-ethyl adjacent to an activating group) is 1. The van der Waals surface area contributed by atoms with Crippen molar-refractivity contribution in [1.82, 2.24) is 24.8 Å². The monoisotopic (exact) mass is 545 g/mol. The lowest BCUT2D eigenvalue weighted by molar-refractivity contribution is -0.126. The first-order valence-corrected chi connectivity index (χ1v) is 13.1. The molecule has 4 heterocycles. The van der Waals surface area contributed by atoms with Crippen LogP contribution in [0.2, 0.25) is 5.02 Å². The van der Waals surface area contributed by atoms with Crippen molar-refractivity contribution >= 4 is 40.6 Å². The van der Waals surface area contributed by atoms with Crippen LogP contribution in [0.5, 0.6) is 0 Å². The highest BCUT2D eigenvalue weighted by molar-refractivity contribution is 6.31. The maximum atomic E-state index is 13.7. The van der Waals surface area contributed by atoms with Gasteiger partial charge in [-0.3, -0.25) is 9.59 Å². The number of aromatic nitrogens is 3. The first kappa shape index (κ1) is 26.3. The molecular weight excluding hydrogens is 516 g/mol. The third kappa shape index (κ3) is 5.17. The number of hydrogen-bond donors (Lipinski definition) is 2. The minimum Gasteiger partial charge on any atom is -0.355 e. The summed E-state index contributed by atoms with van der Waals surface area (Å²) in [6, 6.07) is 6.20. The highest BCUT2D eigenvalue weighted by Gasteiger charge is 2.33. The second-order valence-corrected chi connectivity index (χ2v) is 10.3. The third-order valence-electron chi connectivity index (χ3n) is 7.29. The fourth-order valence-electron chi connectivity index (χ4n) is 5.32. The van der Waals surface area contributed by atoms with Crippen LogP contribution in [0.1, 0.15) is 53.3 Å². The molecule has 38 heavy (non-hydrogen) atoms. The second-order valence-electron chi connectivity index (χ2n) is 9.83. The van der Waals surface area contributed by atoms with E-state index in [0.29, 0.717) is 30.3 Å². The molecule has 2 atom stereocenters. The Kier molecular flexibility index (Phi) is 7.49. The average Bonchev–Trinajstić information content (AvgIpc) is 3.55. The first-order chi connectivity index (χ1) is 18.2. The number of benzene rings is 1. The summed E-state index contributed by atoms with van der Waals surface area (Å²) in [5, 5.41) is 10.5. The molecule has 5 rings (SSSR count). The van der Waals surface area contributed by atoms with E-state index in [4.69, 9.17) is 21.7 Å². The molecule has 2 aromatic heterocycles. The molecule has 202 valence electrons.